The fourth-order valence-electron chi connectivity index (χ4n) is 1.81. The van der Waals surface area contributed by atoms with Crippen molar-refractivity contribution in [2.45, 2.75) is 26.8 Å². The minimum absolute atomic E-state index is 0.211. The quantitative estimate of drug-likeness (QED) is 0.921. The van der Waals surface area contributed by atoms with Crippen molar-refractivity contribution < 1.29 is 0 Å². The third-order valence-corrected chi connectivity index (χ3v) is 3.12. The molecule has 1 atom stereocenters. The Labute approximate surface area is 108 Å². The lowest BCUT2D eigenvalue weighted by Crippen LogP contribution is -2.14. The summed E-state index contributed by atoms with van der Waals surface area (Å²) < 4.78 is 2.65. The molecule has 0 aliphatic rings. The Hall–Kier alpha value is -1.27. The first-order valence-corrected chi connectivity index (χ1v) is 6.11. The molecular formula is C11H14BrN5. The molecule has 0 aliphatic carbocycles. The Morgan fingerprint density at radius 2 is 2.06 bits per heavy atom. The van der Waals surface area contributed by atoms with Crippen molar-refractivity contribution in [3.8, 4) is 5.69 Å². The van der Waals surface area contributed by atoms with Crippen molar-refractivity contribution in [3.63, 3.8) is 0 Å². The first-order chi connectivity index (χ1) is 8.00. The summed E-state index contributed by atoms with van der Waals surface area (Å²) in [5.41, 5.74) is 9.08. The molecule has 90 valence electrons. The van der Waals surface area contributed by atoms with Gasteiger partial charge in [0.25, 0.3) is 0 Å². The molecule has 0 spiro atoms. The topological polar surface area (TPSA) is 69.6 Å². The van der Waals surface area contributed by atoms with Crippen LogP contribution in [0.4, 0.5) is 0 Å². The average Bonchev–Trinajstić information content (AvgIpc) is 2.64. The van der Waals surface area contributed by atoms with Crippen molar-refractivity contribution in [2.75, 3.05) is 0 Å². The van der Waals surface area contributed by atoms with E-state index in [1.807, 2.05) is 26.8 Å². The van der Waals surface area contributed by atoms with E-state index in [1.54, 1.807) is 4.68 Å². The molecule has 1 heterocycles. The SMILES string of the molecule is Cc1cc(C)c(-n2nnnc2C(C)N)c(Br)c1. The molecule has 2 rings (SSSR count). The number of tetrazole rings is 1. The predicted octanol–water partition coefficient (Wildman–Crippen LogP) is 2.06. The second-order valence-electron chi connectivity index (χ2n) is 4.15. The summed E-state index contributed by atoms with van der Waals surface area (Å²) in [7, 11) is 0. The van der Waals surface area contributed by atoms with E-state index in [0.717, 1.165) is 15.7 Å². The number of hydrogen-bond donors (Lipinski definition) is 1. The number of hydrogen-bond acceptors (Lipinski definition) is 4. The Morgan fingerprint density at radius 3 is 2.65 bits per heavy atom. The molecule has 0 radical (unpaired) electrons. The van der Waals surface area contributed by atoms with Crippen LogP contribution in [0.15, 0.2) is 16.6 Å². The molecule has 0 saturated carbocycles. The fraction of sp³-hybridized carbons (Fsp3) is 0.364. The molecular weight excluding hydrogens is 282 g/mol. The Balaban J connectivity index is 2.64. The van der Waals surface area contributed by atoms with Gasteiger partial charge in [-0.05, 0) is 64.3 Å². The summed E-state index contributed by atoms with van der Waals surface area (Å²) in [5, 5.41) is 11.6. The lowest BCUT2D eigenvalue weighted by molar-refractivity contribution is 0.685. The standard InChI is InChI=1S/C11H14BrN5/c1-6-4-7(2)10(9(12)5-6)17-11(8(3)13)14-15-16-17/h4-5,8H,13H2,1-3H3. The zero-order valence-corrected chi connectivity index (χ0v) is 11.6. The summed E-state index contributed by atoms with van der Waals surface area (Å²) in [6, 6.07) is 3.92. The van der Waals surface area contributed by atoms with Gasteiger partial charge in [-0.15, -0.1) is 5.10 Å². The van der Waals surface area contributed by atoms with Gasteiger partial charge in [0.2, 0.25) is 0 Å². The van der Waals surface area contributed by atoms with Gasteiger partial charge < -0.3 is 5.73 Å². The first kappa shape index (κ1) is 12.2. The fourth-order valence-corrected chi connectivity index (χ4v) is 2.66. The molecule has 0 saturated heterocycles. The van der Waals surface area contributed by atoms with Gasteiger partial charge in [-0.2, -0.15) is 4.68 Å². The van der Waals surface area contributed by atoms with Crippen LogP contribution in [0.5, 0.6) is 0 Å². The third-order valence-electron chi connectivity index (χ3n) is 2.51. The maximum absolute atomic E-state index is 5.85. The number of nitrogens with two attached hydrogens (primary N) is 1. The molecule has 2 N–H and O–H groups in total. The van der Waals surface area contributed by atoms with E-state index in [4.69, 9.17) is 5.73 Å². The molecule has 6 heteroatoms. The minimum atomic E-state index is -0.211. The van der Waals surface area contributed by atoms with E-state index in [-0.39, 0.29) is 6.04 Å². The Morgan fingerprint density at radius 1 is 1.35 bits per heavy atom. The van der Waals surface area contributed by atoms with Gasteiger partial charge in [-0.25, -0.2) is 0 Å². The lowest BCUT2D eigenvalue weighted by Gasteiger charge is -2.12. The molecule has 0 fully saturated rings. The third kappa shape index (κ3) is 2.23. The van der Waals surface area contributed by atoms with Crippen LogP contribution in [0.3, 0.4) is 0 Å². The molecule has 0 amide bonds. The molecule has 0 aliphatic heterocycles. The van der Waals surface area contributed by atoms with Crippen molar-refractivity contribution in [3.05, 3.63) is 33.6 Å². The minimum Gasteiger partial charge on any atom is -0.321 e. The Kier molecular flexibility index (Phi) is 3.26. The average molecular weight is 296 g/mol. The second kappa shape index (κ2) is 4.54. The van der Waals surface area contributed by atoms with Crippen LogP contribution < -0.4 is 5.73 Å². The van der Waals surface area contributed by atoms with E-state index in [0.29, 0.717) is 5.82 Å². The van der Waals surface area contributed by atoms with Gasteiger partial charge in [0.15, 0.2) is 5.82 Å². The van der Waals surface area contributed by atoms with Crippen LogP contribution in [0.25, 0.3) is 5.69 Å². The number of halogens is 1. The van der Waals surface area contributed by atoms with E-state index < -0.39 is 0 Å². The van der Waals surface area contributed by atoms with E-state index in [1.165, 1.54) is 5.56 Å². The summed E-state index contributed by atoms with van der Waals surface area (Å²) in [4.78, 5) is 0. The van der Waals surface area contributed by atoms with Crippen LogP contribution in [0.2, 0.25) is 0 Å². The van der Waals surface area contributed by atoms with Crippen LogP contribution in [-0.2, 0) is 0 Å². The summed E-state index contributed by atoms with van der Waals surface area (Å²) in [6.45, 7) is 5.94. The molecule has 1 aromatic heterocycles. The molecule has 1 aromatic carbocycles. The molecule has 1 unspecified atom stereocenters. The highest BCUT2D eigenvalue weighted by Crippen LogP contribution is 2.27. The van der Waals surface area contributed by atoms with Gasteiger partial charge in [-0.1, -0.05) is 6.07 Å². The highest BCUT2D eigenvalue weighted by molar-refractivity contribution is 9.10. The number of aryl methyl sites for hydroxylation is 2. The zero-order chi connectivity index (χ0) is 12.6. The summed E-state index contributed by atoms with van der Waals surface area (Å²) >= 11 is 3.55. The van der Waals surface area contributed by atoms with Crippen molar-refractivity contribution >= 4 is 15.9 Å². The van der Waals surface area contributed by atoms with Crippen molar-refractivity contribution in [2.24, 2.45) is 5.73 Å². The maximum Gasteiger partial charge on any atom is 0.173 e. The molecule has 2 aromatic rings. The van der Waals surface area contributed by atoms with Gasteiger partial charge in [0.1, 0.15) is 0 Å². The van der Waals surface area contributed by atoms with Crippen LogP contribution >= 0.6 is 15.9 Å². The first-order valence-electron chi connectivity index (χ1n) is 5.31. The number of aromatic nitrogens is 4. The smallest absolute Gasteiger partial charge is 0.173 e. The van der Waals surface area contributed by atoms with Crippen LogP contribution in [0, 0.1) is 13.8 Å². The zero-order valence-electron chi connectivity index (χ0n) is 9.98. The van der Waals surface area contributed by atoms with Crippen LogP contribution in [-0.4, -0.2) is 20.2 Å². The second-order valence-corrected chi connectivity index (χ2v) is 5.00. The monoisotopic (exact) mass is 295 g/mol. The van der Waals surface area contributed by atoms with Gasteiger partial charge >= 0.3 is 0 Å². The Bertz CT molecular complexity index is 524. The van der Waals surface area contributed by atoms with Gasteiger partial charge in [0.05, 0.1) is 11.7 Å². The summed E-state index contributed by atoms with van der Waals surface area (Å²) in [5.74, 6) is 0.651. The number of nitrogens with zero attached hydrogens (tertiary/aromatic N) is 4. The molecule has 0 bridgehead atoms. The maximum atomic E-state index is 5.85. The largest absolute Gasteiger partial charge is 0.321 e. The lowest BCUT2D eigenvalue weighted by atomic mass is 10.1. The van der Waals surface area contributed by atoms with E-state index in [9.17, 15) is 0 Å². The predicted molar refractivity (Wildman–Crippen MR) is 68.9 cm³/mol. The van der Waals surface area contributed by atoms with E-state index in [2.05, 4.69) is 37.5 Å². The number of benzene rings is 1. The normalized spacial score (nSPS) is 12.8. The van der Waals surface area contributed by atoms with Crippen molar-refractivity contribution in [1.82, 2.24) is 20.2 Å². The van der Waals surface area contributed by atoms with Gasteiger partial charge in [0, 0.05) is 4.47 Å². The van der Waals surface area contributed by atoms with E-state index >= 15 is 0 Å². The van der Waals surface area contributed by atoms with Crippen molar-refractivity contribution in [1.29, 1.82) is 0 Å². The summed E-state index contributed by atoms with van der Waals surface area (Å²) in [6.07, 6.45) is 0. The molecule has 5 nitrogen and oxygen atoms in total. The number of rotatable bonds is 2. The highest BCUT2D eigenvalue weighted by atomic mass is 79.9. The highest BCUT2D eigenvalue weighted by Gasteiger charge is 2.16. The van der Waals surface area contributed by atoms with Gasteiger partial charge in [-0.3, -0.25) is 0 Å². The molecule has 17 heavy (non-hydrogen) atoms. The van der Waals surface area contributed by atoms with Crippen LogP contribution in [0.1, 0.15) is 29.9 Å².